The number of rotatable bonds is 5. The lowest BCUT2D eigenvalue weighted by atomic mass is 10.1. The molecule has 0 bridgehead atoms. The molecule has 0 aromatic heterocycles. The maximum atomic E-state index is 10.2. The van der Waals surface area contributed by atoms with Crippen molar-refractivity contribution in [2.75, 3.05) is 13.2 Å². The average molecular weight is 180 g/mol. The molecule has 0 aromatic carbocycles. The Morgan fingerprint density at radius 1 is 1.64 bits per heavy atom. The van der Waals surface area contributed by atoms with E-state index in [-0.39, 0.29) is 0 Å². The molecule has 0 saturated heterocycles. The molecule has 0 aliphatic carbocycles. The van der Waals surface area contributed by atoms with Crippen LogP contribution < -0.4 is 0 Å². The predicted molar refractivity (Wildman–Crippen MR) is 46.0 cm³/mol. The Labute approximate surface area is 72.0 Å². The smallest absolute Gasteiger partial charge is 0.134 e. The largest absolute Gasteiger partial charge is 0.379 e. The molecule has 0 amide bonds. The van der Waals surface area contributed by atoms with Gasteiger partial charge in [0.25, 0.3) is 0 Å². The number of nitroso groups, excluding NO2 is 1. The van der Waals surface area contributed by atoms with E-state index in [0.29, 0.717) is 13.2 Å². The molecule has 0 aromatic rings. The van der Waals surface area contributed by atoms with Gasteiger partial charge in [0, 0.05) is 6.61 Å². The molecule has 3 nitrogen and oxygen atoms in total. The van der Waals surface area contributed by atoms with E-state index in [1.807, 2.05) is 6.92 Å². The van der Waals surface area contributed by atoms with E-state index in [0.717, 1.165) is 0 Å². The van der Waals surface area contributed by atoms with Crippen LogP contribution in [0, 0.1) is 4.91 Å². The summed E-state index contributed by atoms with van der Waals surface area (Å²) in [5.41, 5.74) is 0. The zero-order valence-electron chi connectivity index (χ0n) is 7.13. The minimum absolute atomic E-state index is 0.302. The Morgan fingerprint density at radius 3 is 2.45 bits per heavy atom. The van der Waals surface area contributed by atoms with Crippen LogP contribution in [0.15, 0.2) is 5.18 Å². The van der Waals surface area contributed by atoms with Gasteiger partial charge in [-0.1, -0.05) is 5.18 Å². The Morgan fingerprint density at radius 2 is 2.18 bits per heavy atom. The fourth-order valence-corrected chi connectivity index (χ4v) is 0.686. The van der Waals surface area contributed by atoms with Crippen LogP contribution in [0.4, 0.5) is 0 Å². The van der Waals surface area contributed by atoms with Crippen molar-refractivity contribution in [2.45, 2.75) is 31.7 Å². The molecule has 66 valence electrons. The van der Waals surface area contributed by atoms with E-state index < -0.39 is 10.9 Å². The van der Waals surface area contributed by atoms with Crippen molar-refractivity contribution in [3.05, 3.63) is 4.91 Å². The summed E-state index contributed by atoms with van der Waals surface area (Å²) in [5.74, 6) is 0. The summed E-state index contributed by atoms with van der Waals surface area (Å²) in [5, 5.41) is 2.89. The molecule has 0 spiro atoms. The highest BCUT2D eigenvalue weighted by atomic mass is 35.5. The highest BCUT2D eigenvalue weighted by molar-refractivity contribution is 6.23. The first-order valence-corrected chi connectivity index (χ1v) is 3.99. The molecular weight excluding hydrogens is 166 g/mol. The summed E-state index contributed by atoms with van der Waals surface area (Å²) in [6, 6.07) is -0.468. The van der Waals surface area contributed by atoms with Crippen molar-refractivity contribution in [2.24, 2.45) is 5.18 Å². The Balaban J connectivity index is 3.86. The van der Waals surface area contributed by atoms with Gasteiger partial charge in [0.1, 0.15) is 6.04 Å². The molecule has 4 heteroatoms. The SMILES string of the molecule is CCOCC(N=O)C(C)(C)Cl. The van der Waals surface area contributed by atoms with Gasteiger partial charge >= 0.3 is 0 Å². The second-order valence-electron chi connectivity index (χ2n) is 2.85. The summed E-state index contributed by atoms with van der Waals surface area (Å²) in [7, 11) is 0. The number of nitrogens with zero attached hydrogens (tertiary/aromatic N) is 1. The number of hydrogen-bond acceptors (Lipinski definition) is 3. The van der Waals surface area contributed by atoms with Crippen LogP contribution in [0.1, 0.15) is 20.8 Å². The molecule has 0 aliphatic rings. The Bertz CT molecular complexity index is 122. The van der Waals surface area contributed by atoms with E-state index in [1.165, 1.54) is 0 Å². The summed E-state index contributed by atoms with van der Waals surface area (Å²) in [4.78, 5) is 9.63. The Kier molecular flexibility index (Phi) is 4.61. The molecule has 0 heterocycles. The maximum absolute atomic E-state index is 10.2. The highest BCUT2D eigenvalue weighted by Crippen LogP contribution is 2.20. The topological polar surface area (TPSA) is 38.7 Å². The highest BCUT2D eigenvalue weighted by Gasteiger charge is 2.28. The minimum atomic E-state index is -0.614. The van der Waals surface area contributed by atoms with Crippen LogP contribution in [-0.4, -0.2) is 24.1 Å². The van der Waals surface area contributed by atoms with Crippen molar-refractivity contribution in [3.63, 3.8) is 0 Å². The molecule has 0 aliphatic heterocycles. The molecule has 0 fully saturated rings. The molecular formula is C7H14ClNO2. The van der Waals surface area contributed by atoms with Gasteiger partial charge in [-0.05, 0) is 20.8 Å². The quantitative estimate of drug-likeness (QED) is 0.479. The molecule has 0 N–H and O–H groups in total. The first kappa shape index (κ1) is 10.8. The van der Waals surface area contributed by atoms with Crippen LogP contribution in [-0.2, 0) is 4.74 Å². The molecule has 0 saturated carbocycles. The normalized spacial score (nSPS) is 14.5. The van der Waals surface area contributed by atoms with Gasteiger partial charge in [-0.3, -0.25) is 0 Å². The van der Waals surface area contributed by atoms with Gasteiger partial charge in [0.2, 0.25) is 0 Å². The van der Waals surface area contributed by atoms with E-state index in [2.05, 4.69) is 5.18 Å². The van der Waals surface area contributed by atoms with E-state index >= 15 is 0 Å². The zero-order chi connectivity index (χ0) is 8.91. The fraction of sp³-hybridized carbons (Fsp3) is 1.00. The van der Waals surface area contributed by atoms with Gasteiger partial charge in [-0.25, -0.2) is 0 Å². The summed E-state index contributed by atoms with van der Waals surface area (Å²) >= 11 is 5.86. The summed E-state index contributed by atoms with van der Waals surface area (Å²) in [6.45, 7) is 6.25. The van der Waals surface area contributed by atoms with E-state index in [1.54, 1.807) is 13.8 Å². The van der Waals surface area contributed by atoms with E-state index in [4.69, 9.17) is 16.3 Å². The third-order valence-electron chi connectivity index (χ3n) is 1.40. The lowest BCUT2D eigenvalue weighted by Gasteiger charge is -2.21. The number of ether oxygens (including phenoxy) is 1. The van der Waals surface area contributed by atoms with Crippen molar-refractivity contribution < 1.29 is 4.74 Å². The standard InChI is InChI=1S/C7H14ClNO2/c1-4-11-5-6(9-10)7(2,3)8/h6H,4-5H2,1-3H3. The number of halogens is 1. The first-order chi connectivity index (χ1) is 5.02. The third kappa shape index (κ3) is 4.32. The minimum Gasteiger partial charge on any atom is -0.379 e. The molecule has 0 radical (unpaired) electrons. The van der Waals surface area contributed by atoms with Gasteiger partial charge in [0.05, 0.1) is 11.5 Å². The van der Waals surface area contributed by atoms with Gasteiger partial charge in [-0.2, -0.15) is 4.91 Å². The Hall–Kier alpha value is -0.150. The lowest BCUT2D eigenvalue weighted by Crippen LogP contribution is -2.32. The summed E-state index contributed by atoms with van der Waals surface area (Å²) < 4.78 is 5.03. The van der Waals surface area contributed by atoms with Crippen molar-refractivity contribution >= 4 is 11.6 Å². The fourth-order valence-electron chi connectivity index (χ4n) is 0.583. The van der Waals surface area contributed by atoms with Gasteiger partial charge < -0.3 is 4.74 Å². The van der Waals surface area contributed by atoms with Crippen LogP contribution >= 0.6 is 11.6 Å². The van der Waals surface area contributed by atoms with Crippen molar-refractivity contribution in [3.8, 4) is 0 Å². The monoisotopic (exact) mass is 179 g/mol. The lowest BCUT2D eigenvalue weighted by molar-refractivity contribution is 0.125. The van der Waals surface area contributed by atoms with Gasteiger partial charge in [-0.15, -0.1) is 11.6 Å². The first-order valence-electron chi connectivity index (χ1n) is 3.61. The molecule has 1 unspecified atom stereocenters. The van der Waals surface area contributed by atoms with E-state index in [9.17, 15) is 4.91 Å². The second-order valence-corrected chi connectivity index (χ2v) is 3.82. The average Bonchev–Trinajstić information content (AvgIpc) is 1.87. The zero-order valence-corrected chi connectivity index (χ0v) is 7.89. The molecule has 0 rings (SSSR count). The predicted octanol–water partition coefficient (Wildman–Crippen LogP) is 2.18. The van der Waals surface area contributed by atoms with Crippen molar-refractivity contribution in [1.82, 2.24) is 0 Å². The van der Waals surface area contributed by atoms with Crippen LogP contribution in [0.5, 0.6) is 0 Å². The number of hydrogen-bond donors (Lipinski definition) is 0. The second kappa shape index (κ2) is 4.67. The van der Waals surface area contributed by atoms with Crippen LogP contribution in [0.3, 0.4) is 0 Å². The summed E-state index contributed by atoms with van der Waals surface area (Å²) in [6.07, 6.45) is 0. The third-order valence-corrected chi connectivity index (χ3v) is 1.65. The molecule has 1 atom stereocenters. The molecule has 11 heavy (non-hydrogen) atoms. The van der Waals surface area contributed by atoms with Crippen LogP contribution in [0.25, 0.3) is 0 Å². The maximum Gasteiger partial charge on any atom is 0.134 e. The number of alkyl halides is 1. The van der Waals surface area contributed by atoms with Gasteiger partial charge in [0.15, 0.2) is 0 Å². The van der Waals surface area contributed by atoms with Crippen molar-refractivity contribution in [1.29, 1.82) is 0 Å². The van der Waals surface area contributed by atoms with Crippen LogP contribution in [0.2, 0.25) is 0 Å².